The monoisotopic (exact) mass is 677 g/mol. The highest BCUT2D eigenvalue weighted by molar-refractivity contribution is 9.10. The molecule has 0 aliphatic heterocycles. The van der Waals surface area contributed by atoms with E-state index in [0.29, 0.717) is 16.7 Å². The first-order valence-corrected chi connectivity index (χ1v) is 16.0. The van der Waals surface area contributed by atoms with Gasteiger partial charge in [-0.3, -0.25) is 13.9 Å². The summed E-state index contributed by atoms with van der Waals surface area (Å²) in [7, 11) is -3.83. The van der Waals surface area contributed by atoms with Gasteiger partial charge in [-0.05, 0) is 57.2 Å². The molecule has 3 aromatic carbocycles. The lowest BCUT2D eigenvalue weighted by atomic mass is 10.0. The molecule has 39 heavy (non-hydrogen) atoms. The van der Waals surface area contributed by atoms with E-state index in [2.05, 4.69) is 37.2 Å². The zero-order chi connectivity index (χ0) is 28.6. The summed E-state index contributed by atoms with van der Waals surface area (Å²) in [6.45, 7) is 4.11. The molecule has 10 heteroatoms. The molecule has 2 amide bonds. The van der Waals surface area contributed by atoms with E-state index in [1.54, 1.807) is 24.3 Å². The molecular formula is C29H33Br2N3O4S. The van der Waals surface area contributed by atoms with Crippen LogP contribution >= 0.6 is 31.9 Å². The number of hydrogen-bond acceptors (Lipinski definition) is 4. The molecule has 0 radical (unpaired) electrons. The summed E-state index contributed by atoms with van der Waals surface area (Å²) < 4.78 is 28.2. The molecule has 208 valence electrons. The van der Waals surface area contributed by atoms with E-state index in [1.165, 1.54) is 4.90 Å². The number of hydrogen-bond donors (Lipinski definition) is 1. The van der Waals surface area contributed by atoms with Crippen LogP contribution in [0.3, 0.4) is 0 Å². The van der Waals surface area contributed by atoms with E-state index in [0.717, 1.165) is 26.2 Å². The maximum atomic E-state index is 14.1. The van der Waals surface area contributed by atoms with Gasteiger partial charge in [-0.1, -0.05) is 84.4 Å². The number of nitrogens with one attached hydrogen (secondary N) is 1. The lowest BCUT2D eigenvalue weighted by molar-refractivity contribution is -0.140. The first-order valence-electron chi connectivity index (χ1n) is 12.5. The molecule has 0 saturated carbocycles. The molecule has 1 atom stereocenters. The van der Waals surface area contributed by atoms with Gasteiger partial charge in [-0.2, -0.15) is 0 Å². The molecule has 0 spiro atoms. The fourth-order valence-corrected chi connectivity index (χ4v) is 5.98. The molecule has 3 aromatic rings. The standard InChI is InChI=1S/C29H33Br2N3O4S/c1-21(2)18-32-29(36)27(17-22-10-5-4-6-11-22)33(19-23-12-9-13-24(30)16-23)28(35)20-34(39(3,37)38)26-15-8-7-14-25(26)31/h4-16,21,27H,17-20H2,1-3H3,(H,32,36)/t27-/m0/s1. The minimum atomic E-state index is -3.83. The van der Waals surface area contributed by atoms with Gasteiger partial charge in [-0.25, -0.2) is 8.42 Å². The maximum Gasteiger partial charge on any atom is 0.244 e. The Morgan fingerprint density at radius 2 is 1.54 bits per heavy atom. The van der Waals surface area contributed by atoms with Crippen molar-refractivity contribution < 1.29 is 18.0 Å². The molecule has 7 nitrogen and oxygen atoms in total. The number of sulfonamides is 1. The Bertz CT molecular complexity index is 1380. The number of para-hydroxylation sites is 1. The van der Waals surface area contributed by atoms with Gasteiger partial charge in [0.05, 0.1) is 11.9 Å². The topological polar surface area (TPSA) is 86.8 Å². The Hall–Kier alpha value is -2.69. The third-order valence-electron chi connectivity index (χ3n) is 6.00. The van der Waals surface area contributed by atoms with Crippen LogP contribution in [-0.2, 0) is 32.6 Å². The van der Waals surface area contributed by atoms with Crippen LogP contribution in [0.4, 0.5) is 5.69 Å². The van der Waals surface area contributed by atoms with Gasteiger partial charge in [0.2, 0.25) is 21.8 Å². The van der Waals surface area contributed by atoms with Crippen molar-refractivity contribution in [1.82, 2.24) is 10.2 Å². The number of nitrogens with zero attached hydrogens (tertiary/aromatic N) is 2. The van der Waals surface area contributed by atoms with Crippen molar-refractivity contribution in [2.75, 3.05) is 23.7 Å². The lowest BCUT2D eigenvalue weighted by Crippen LogP contribution is -2.53. The number of carbonyl (C=O) groups is 2. The average Bonchev–Trinajstić information content (AvgIpc) is 2.88. The summed E-state index contributed by atoms with van der Waals surface area (Å²) in [5.74, 6) is -0.559. The second-order valence-electron chi connectivity index (χ2n) is 9.72. The van der Waals surface area contributed by atoms with Gasteiger partial charge in [0, 0.05) is 28.5 Å². The van der Waals surface area contributed by atoms with Gasteiger partial charge in [0.15, 0.2) is 0 Å². The normalized spacial score (nSPS) is 12.2. The highest BCUT2D eigenvalue weighted by atomic mass is 79.9. The van der Waals surface area contributed by atoms with Crippen LogP contribution in [0.5, 0.6) is 0 Å². The minimum Gasteiger partial charge on any atom is -0.354 e. The predicted octanol–water partition coefficient (Wildman–Crippen LogP) is 5.39. The van der Waals surface area contributed by atoms with Crippen molar-refractivity contribution in [2.24, 2.45) is 5.92 Å². The first kappa shape index (κ1) is 30.8. The second kappa shape index (κ2) is 14.1. The van der Waals surface area contributed by atoms with E-state index in [-0.39, 0.29) is 24.8 Å². The van der Waals surface area contributed by atoms with Crippen LogP contribution in [0.25, 0.3) is 0 Å². The molecule has 0 bridgehead atoms. The van der Waals surface area contributed by atoms with E-state index in [9.17, 15) is 18.0 Å². The van der Waals surface area contributed by atoms with Crippen molar-refractivity contribution in [3.8, 4) is 0 Å². The van der Waals surface area contributed by atoms with Crippen molar-refractivity contribution in [3.05, 3.63) is 98.9 Å². The zero-order valence-electron chi connectivity index (χ0n) is 22.2. The third-order valence-corrected chi connectivity index (χ3v) is 8.29. The van der Waals surface area contributed by atoms with E-state index in [4.69, 9.17) is 0 Å². The summed E-state index contributed by atoms with van der Waals surface area (Å²) in [5, 5.41) is 2.98. The number of rotatable bonds is 12. The first-order chi connectivity index (χ1) is 18.5. The Morgan fingerprint density at radius 1 is 0.897 bits per heavy atom. The summed E-state index contributed by atoms with van der Waals surface area (Å²) in [4.78, 5) is 29.2. The van der Waals surface area contributed by atoms with Gasteiger partial charge < -0.3 is 10.2 Å². The Morgan fingerprint density at radius 3 is 2.15 bits per heavy atom. The van der Waals surface area contributed by atoms with Gasteiger partial charge >= 0.3 is 0 Å². The fraction of sp³-hybridized carbons (Fsp3) is 0.310. The number of benzene rings is 3. The Balaban J connectivity index is 2.05. The smallest absolute Gasteiger partial charge is 0.244 e. The van der Waals surface area contributed by atoms with Crippen LogP contribution in [-0.4, -0.2) is 50.5 Å². The number of amides is 2. The van der Waals surface area contributed by atoms with Crippen LogP contribution in [0, 0.1) is 5.92 Å². The largest absolute Gasteiger partial charge is 0.354 e. The van der Waals surface area contributed by atoms with Crippen LogP contribution in [0.1, 0.15) is 25.0 Å². The summed E-state index contributed by atoms with van der Waals surface area (Å²) in [5.41, 5.74) is 2.04. The van der Waals surface area contributed by atoms with Crippen LogP contribution in [0.2, 0.25) is 0 Å². The quantitative estimate of drug-likeness (QED) is 0.278. The molecule has 0 aliphatic rings. The van der Waals surface area contributed by atoms with Gasteiger partial charge in [-0.15, -0.1) is 0 Å². The predicted molar refractivity (Wildman–Crippen MR) is 163 cm³/mol. The Kier molecular flexibility index (Phi) is 11.1. The Labute approximate surface area is 247 Å². The van der Waals surface area contributed by atoms with Crippen molar-refractivity contribution in [1.29, 1.82) is 0 Å². The summed E-state index contributed by atoms with van der Waals surface area (Å²) >= 11 is 6.89. The maximum absolute atomic E-state index is 14.1. The van der Waals surface area contributed by atoms with Crippen molar-refractivity contribution in [3.63, 3.8) is 0 Å². The molecule has 0 aliphatic carbocycles. The molecule has 3 rings (SSSR count). The number of anilines is 1. The number of carbonyl (C=O) groups excluding carboxylic acids is 2. The SMILES string of the molecule is CC(C)CNC(=O)[C@H](Cc1ccccc1)N(Cc1cccc(Br)c1)C(=O)CN(c1ccccc1Br)S(C)(=O)=O. The summed E-state index contributed by atoms with van der Waals surface area (Å²) in [6.07, 6.45) is 1.34. The van der Waals surface area contributed by atoms with E-state index in [1.807, 2.05) is 68.4 Å². The molecule has 1 N–H and O–H groups in total. The van der Waals surface area contributed by atoms with E-state index >= 15 is 0 Å². The van der Waals surface area contributed by atoms with Gasteiger partial charge in [0.1, 0.15) is 12.6 Å². The molecule has 0 aromatic heterocycles. The number of halogens is 2. The molecule has 0 saturated heterocycles. The second-order valence-corrected chi connectivity index (χ2v) is 13.4. The summed E-state index contributed by atoms with van der Waals surface area (Å²) in [6, 6.07) is 22.9. The molecule has 0 unspecified atom stereocenters. The third kappa shape index (κ3) is 9.19. The lowest BCUT2D eigenvalue weighted by Gasteiger charge is -2.34. The highest BCUT2D eigenvalue weighted by Gasteiger charge is 2.33. The average molecular weight is 679 g/mol. The van der Waals surface area contributed by atoms with Gasteiger partial charge in [0.25, 0.3) is 0 Å². The van der Waals surface area contributed by atoms with E-state index < -0.39 is 28.5 Å². The zero-order valence-corrected chi connectivity index (χ0v) is 26.2. The van der Waals surface area contributed by atoms with Crippen molar-refractivity contribution >= 4 is 59.4 Å². The minimum absolute atomic E-state index is 0.123. The van der Waals surface area contributed by atoms with Crippen LogP contribution < -0.4 is 9.62 Å². The highest BCUT2D eigenvalue weighted by Crippen LogP contribution is 2.28. The van der Waals surface area contributed by atoms with Crippen molar-refractivity contribution in [2.45, 2.75) is 32.9 Å². The van der Waals surface area contributed by atoms with Crippen LogP contribution in [0.15, 0.2) is 87.8 Å². The molecule has 0 fully saturated rings. The molecule has 0 heterocycles. The fourth-order valence-electron chi connectivity index (χ4n) is 4.06. The molecular weight excluding hydrogens is 646 g/mol.